The van der Waals surface area contributed by atoms with Gasteiger partial charge in [-0.1, -0.05) is 43.2 Å². The van der Waals surface area contributed by atoms with Gasteiger partial charge >= 0.3 is 0 Å². The van der Waals surface area contributed by atoms with Gasteiger partial charge in [-0.25, -0.2) is 0 Å². The molecule has 1 aliphatic heterocycles. The van der Waals surface area contributed by atoms with E-state index in [0.717, 1.165) is 43.7 Å². The molecule has 5 nitrogen and oxygen atoms in total. The summed E-state index contributed by atoms with van der Waals surface area (Å²) in [5.74, 6) is 0.562. The van der Waals surface area contributed by atoms with Crippen LogP contribution < -0.4 is 10.6 Å². The molecule has 2 heterocycles. The highest BCUT2D eigenvalue weighted by atomic mass is 35.5. The highest BCUT2D eigenvalue weighted by Crippen LogP contribution is 2.37. The lowest BCUT2D eigenvalue weighted by molar-refractivity contribution is -0.123. The topological polar surface area (TPSA) is 59.0 Å². The van der Waals surface area contributed by atoms with Crippen molar-refractivity contribution in [2.24, 2.45) is 5.92 Å². The third-order valence-electron chi connectivity index (χ3n) is 5.48. The van der Waals surface area contributed by atoms with Gasteiger partial charge in [0.25, 0.3) is 0 Å². The Labute approximate surface area is 161 Å². The zero-order chi connectivity index (χ0) is 17.1. The van der Waals surface area contributed by atoms with Crippen molar-refractivity contribution in [2.45, 2.75) is 51.2 Å². The molecule has 1 atom stereocenters. The first-order chi connectivity index (χ1) is 12.3. The van der Waals surface area contributed by atoms with Crippen LogP contribution in [-0.4, -0.2) is 22.2 Å². The van der Waals surface area contributed by atoms with E-state index in [0.29, 0.717) is 12.5 Å². The number of carbonyl (C=O) groups is 1. The number of benzene rings is 1. The fraction of sp³-hybridized carbons (Fsp3) is 0.500. The molecule has 0 radical (unpaired) electrons. The third kappa shape index (κ3) is 4.10. The van der Waals surface area contributed by atoms with Crippen LogP contribution in [0.4, 0.5) is 0 Å². The van der Waals surface area contributed by atoms with Gasteiger partial charge in [0.2, 0.25) is 5.91 Å². The van der Waals surface area contributed by atoms with Crippen LogP contribution in [0.5, 0.6) is 0 Å². The molecule has 6 heteroatoms. The van der Waals surface area contributed by atoms with Gasteiger partial charge in [-0.05, 0) is 30.4 Å². The number of rotatable bonds is 5. The maximum absolute atomic E-state index is 13.0. The van der Waals surface area contributed by atoms with Crippen molar-refractivity contribution in [2.75, 3.05) is 6.54 Å². The van der Waals surface area contributed by atoms with Crippen LogP contribution in [0.3, 0.4) is 0 Å². The first-order valence-electron chi connectivity index (χ1n) is 9.40. The largest absolute Gasteiger partial charge is 0.350 e. The van der Waals surface area contributed by atoms with Crippen molar-refractivity contribution >= 4 is 18.3 Å². The number of aromatic nitrogens is 2. The van der Waals surface area contributed by atoms with Gasteiger partial charge in [0.05, 0.1) is 30.4 Å². The summed E-state index contributed by atoms with van der Waals surface area (Å²) in [6, 6.07) is 12.3. The predicted molar refractivity (Wildman–Crippen MR) is 104 cm³/mol. The molecule has 1 unspecified atom stereocenters. The Morgan fingerprint density at radius 2 is 2.04 bits per heavy atom. The Kier molecular flexibility index (Phi) is 6.33. The summed E-state index contributed by atoms with van der Waals surface area (Å²) >= 11 is 0. The van der Waals surface area contributed by atoms with Crippen LogP contribution in [0.1, 0.15) is 48.6 Å². The lowest BCUT2D eigenvalue weighted by atomic mass is 9.84. The second-order valence-corrected chi connectivity index (χ2v) is 7.18. The van der Waals surface area contributed by atoms with E-state index in [-0.39, 0.29) is 24.2 Å². The number of hydrogen-bond acceptors (Lipinski definition) is 3. The quantitative estimate of drug-likeness (QED) is 0.845. The molecular weight excluding hydrogens is 348 g/mol. The molecule has 1 amide bonds. The first kappa shape index (κ1) is 18.9. The number of hydrogen-bond donors (Lipinski definition) is 2. The van der Waals surface area contributed by atoms with Gasteiger partial charge in [0.15, 0.2) is 0 Å². The lowest BCUT2D eigenvalue weighted by Crippen LogP contribution is -2.32. The average molecular weight is 375 g/mol. The van der Waals surface area contributed by atoms with Gasteiger partial charge in [0, 0.05) is 13.1 Å². The van der Waals surface area contributed by atoms with Crippen LogP contribution in [0.15, 0.2) is 36.4 Å². The van der Waals surface area contributed by atoms with Crippen LogP contribution in [0.2, 0.25) is 0 Å². The summed E-state index contributed by atoms with van der Waals surface area (Å²) in [4.78, 5) is 13.0. The minimum absolute atomic E-state index is 0. The summed E-state index contributed by atoms with van der Waals surface area (Å²) < 4.78 is 2.05. The molecular formula is C20H27ClN4O. The average Bonchev–Trinajstić information content (AvgIpc) is 3.30. The van der Waals surface area contributed by atoms with Gasteiger partial charge in [0.1, 0.15) is 0 Å². The van der Waals surface area contributed by atoms with E-state index in [4.69, 9.17) is 0 Å². The van der Waals surface area contributed by atoms with Crippen LogP contribution in [-0.2, 0) is 24.4 Å². The van der Waals surface area contributed by atoms with Crippen molar-refractivity contribution in [1.29, 1.82) is 0 Å². The van der Waals surface area contributed by atoms with Crippen molar-refractivity contribution in [3.63, 3.8) is 0 Å². The molecule has 2 aliphatic rings. The van der Waals surface area contributed by atoms with Crippen LogP contribution >= 0.6 is 12.4 Å². The number of amides is 1. The normalized spacial score (nSPS) is 18.0. The van der Waals surface area contributed by atoms with Crippen molar-refractivity contribution in [3.05, 3.63) is 53.3 Å². The molecule has 0 saturated heterocycles. The second-order valence-electron chi connectivity index (χ2n) is 7.18. The molecule has 1 aliphatic carbocycles. The Bertz CT molecular complexity index is 701. The SMILES string of the molecule is Cl.O=C(NCc1cc2n(n1)CCNC2)C(c1ccccc1)C1CCCC1. The molecule has 1 aromatic carbocycles. The van der Waals surface area contributed by atoms with E-state index in [2.05, 4.69) is 33.9 Å². The van der Waals surface area contributed by atoms with Crippen LogP contribution in [0.25, 0.3) is 0 Å². The molecule has 140 valence electrons. The van der Waals surface area contributed by atoms with Crippen molar-refractivity contribution < 1.29 is 4.79 Å². The Hall–Kier alpha value is -1.85. The Morgan fingerprint density at radius 3 is 2.77 bits per heavy atom. The highest BCUT2D eigenvalue weighted by Gasteiger charge is 2.31. The molecule has 2 aromatic rings. The number of nitrogens with zero attached hydrogens (tertiary/aromatic N) is 2. The zero-order valence-electron chi connectivity index (χ0n) is 15.0. The van der Waals surface area contributed by atoms with Crippen molar-refractivity contribution in [1.82, 2.24) is 20.4 Å². The second kappa shape index (κ2) is 8.69. The monoisotopic (exact) mass is 374 g/mol. The van der Waals surface area contributed by atoms with Crippen molar-refractivity contribution in [3.8, 4) is 0 Å². The standard InChI is InChI=1S/C20H26N4O.ClH/c25-20(22-13-17-12-18-14-21-10-11-24(18)23-17)19(16-8-4-5-9-16)15-6-2-1-3-7-15;/h1-3,6-7,12,16,19,21H,4-5,8-11,13-14H2,(H,22,25);1H. The summed E-state index contributed by atoms with van der Waals surface area (Å²) in [6.07, 6.45) is 4.78. The minimum Gasteiger partial charge on any atom is -0.350 e. The number of carbonyl (C=O) groups excluding carboxylic acids is 1. The Balaban J connectivity index is 0.00000196. The zero-order valence-corrected chi connectivity index (χ0v) is 15.8. The molecule has 1 saturated carbocycles. The van der Waals surface area contributed by atoms with Gasteiger partial charge in [-0.3, -0.25) is 9.48 Å². The lowest BCUT2D eigenvalue weighted by Gasteiger charge is -2.23. The highest BCUT2D eigenvalue weighted by molar-refractivity contribution is 5.85. The molecule has 26 heavy (non-hydrogen) atoms. The molecule has 0 spiro atoms. The third-order valence-corrected chi connectivity index (χ3v) is 5.48. The predicted octanol–water partition coefficient (Wildman–Crippen LogP) is 3.00. The molecule has 1 fully saturated rings. The van der Waals surface area contributed by atoms with E-state index in [1.165, 1.54) is 18.5 Å². The number of nitrogens with one attached hydrogen (secondary N) is 2. The summed E-state index contributed by atoms with van der Waals surface area (Å²) in [5.41, 5.74) is 3.29. The van der Waals surface area contributed by atoms with E-state index < -0.39 is 0 Å². The maximum atomic E-state index is 13.0. The number of fused-ring (bicyclic) bond motifs is 1. The summed E-state index contributed by atoms with van der Waals surface area (Å²) in [5, 5.41) is 11.1. The van der Waals surface area contributed by atoms with Crippen LogP contribution in [0, 0.1) is 5.92 Å². The van der Waals surface area contributed by atoms with E-state index in [1.807, 2.05) is 22.9 Å². The van der Waals surface area contributed by atoms with Gasteiger partial charge in [-0.2, -0.15) is 5.10 Å². The molecule has 0 bridgehead atoms. The fourth-order valence-corrected chi connectivity index (χ4v) is 4.22. The van der Waals surface area contributed by atoms with Gasteiger partial charge in [-0.15, -0.1) is 12.4 Å². The maximum Gasteiger partial charge on any atom is 0.228 e. The fourth-order valence-electron chi connectivity index (χ4n) is 4.22. The minimum atomic E-state index is -0.0393. The smallest absolute Gasteiger partial charge is 0.228 e. The van der Waals surface area contributed by atoms with Gasteiger partial charge < -0.3 is 10.6 Å². The van der Waals surface area contributed by atoms with E-state index in [1.54, 1.807) is 0 Å². The molecule has 2 N–H and O–H groups in total. The first-order valence-corrected chi connectivity index (χ1v) is 9.40. The number of halogens is 1. The summed E-state index contributed by atoms with van der Waals surface area (Å²) in [6.45, 7) is 3.22. The van der Waals surface area contributed by atoms with E-state index in [9.17, 15) is 4.79 Å². The Morgan fingerprint density at radius 1 is 1.27 bits per heavy atom. The van der Waals surface area contributed by atoms with E-state index >= 15 is 0 Å². The summed E-state index contributed by atoms with van der Waals surface area (Å²) in [7, 11) is 0. The molecule has 1 aromatic heterocycles. The molecule has 4 rings (SSSR count).